The first-order chi connectivity index (χ1) is 18.4. The Labute approximate surface area is 236 Å². The van der Waals surface area contributed by atoms with Crippen molar-refractivity contribution in [2.24, 2.45) is 0 Å². The van der Waals surface area contributed by atoms with Crippen LogP contribution in [0.3, 0.4) is 0 Å². The summed E-state index contributed by atoms with van der Waals surface area (Å²) in [6.07, 6.45) is 11.8. The normalized spacial score (nSPS) is 15.8. The first kappa shape index (κ1) is 29.0. The van der Waals surface area contributed by atoms with Gasteiger partial charge in [-0.15, -0.1) is 23.5 Å². The first-order valence-electron chi connectivity index (χ1n) is 12.1. The first-order valence-corrected chi connectivity index (χ1v) is 20.3. The van der Waals surface area contributed by atoms with Gasteiger partial charge in [-0.25, -0.2) is 19.9 Å². The fraction of sp³-hybridized carbons (Fsp3) is 0.333. The standard InChI is InChI=1S/C24H28N6O5S2Si2/c1-38(2,15-36-17-9-25-19(26-10-17)13-29-21(31)5-6-22(29)32)35-39(3,4)16-37-18-11-27-20(28-12-18)14-30-23(33)7-8-24(30)34/h5-12H,13-16H2,1-4H3. The van der Waals surface area contributed by atoms with Gasteiger partial charge in [0, 0.05) is 69.6 Å². The Bertz CT molecular complexity index is 1200. The van der Waals surface area contributed by atoms with E-state index < -0.39 is 16.6 Å². The third-order valence-corrected chi connectivity index (χ3v) is 17.7. The number of thioether (sulfide) groups is 2. The Morgan fingerprint density at radius 2 is 0.923 bits per heavy atom. The Hall–Kier alpha value is -2.99. The number of carbonyl (C=O) groups excluding carboxylic acids is 4. The predicted molar refractivity (Wildman–Crippen MR) is 151 cm³/mol. The monoisotopic (exact) mass is 600 g/mol. The second-order valence-corrected chi connectivity index (χ2v) is 21.7. The van der Waals surface area contributed by atoms with Crippen molar-refractivity contribution in [2.45, 2.75) is 49.1 Å². The second-order valence-electron chi connectivity index (χ2n) is 10.1. The highest BCUT2D eigenvalue weighted by atomic mass is 32.2. The van der Waals surface area contributed by atoms with Gasteiger partial charge < -0.3 is 4.12 Å². The molecule has 15 heteroatoms. The molecule has 4 rings (SSSR count). The summed E-state index contributed by atoms with van der Waals surface area (Å²) in [5.41, 5.74) is 0. The molecule has 11 nitrogen and oxygen atoms in total. The van der Waals surface area contributed by atoms with E-state index in [4.69, 9.17) is 4.12 Å². The van der Waals surface area contributed by atoms with Crippen LogP contribution >= 0.6 is 23.5 Å². The molecule has 0 unspecified atom stereocenters. The highest BCUT2D eigenvalue weighted by Crippen LogP contribution is 2.27. The number of amides is 4. The fourth-order valence-electron chi connectivity index (χ4n) is 3.78. The summed E-state index contributed by atoms with van der Waals surface area (Å²) in [5, 5.41) is 1.65. The van der Waals surface area contributed by atoms with Crippen LogP contribution in [0.5, 0.6) is 0 Å². The number of aromatic nitrogens is 4. The van der Waals surface area contributed by atoms with Crippen LogP contribution in [0, 0.1) is 0 Å². The summed E-state index contributed by atoms with van der Waals surface area (Å²) in [5.74, 6) is -0.594. The Morgan fingerprint density at radius 1 is 0.615 bits per heavy atom. The van der Waals surface area contributed by atoms with E-state index in [1.54, 1.807) is 48.3 Å². The zero-order valence-electron chi connectivity index (χ0n) is 22.0. The van der Waals surface area contributed by atoms with E-state index in [-0.39, 0.29) is 36.7 Å². The van der Waals surface area contributed by atoms with Crippen molar-refractivity contribution in [1.29, 1.82) is 0 Å². The van der Waals surface area contributed by atoms with Crippen LogP contribution in [-0.4, -0.2) is 80.8 Å². The molecule has 0 N–H and O–H groups in total. The quantitative estimate of drug-likeness (QED) is 0.202. The highest BCUT2D eigenvalue weighted by Gasteiger charge is 2.33. The van der Waals surface area contributed by atoms with Gasteiger partial charge in [-0.3, -0.25) is 29.0 Å². The SMILES string of the molecule is C[Si](C)(CSc1cnc(CN2C(=O)C=CC2=O)nc1)O[Si](C)(C)CSc1cnc(CN2C(=O)C=CC2=O)nc1. The minimum Gasteiger partial charge on any atom is -0.454 e. The van der Waals surface area contributed by atoms with Crippen molar-refractivity contribution in [3.63, 3.8) is 0 Å². The Morgan fingerprint density at radius 3 is 1.23 bits per heavy atom. The largest absolute Gasteiger partial charge is 0.454 e. The molecule has 0 spiro atoms. The molecule has 4 heterocycles. The number of rotatable bonds is 12. The molecule has 0 saturated carbocycles. The van der Waals surface area contributed by atoms with Gasteiger partial charge in [0.2, 0.25) is 0 Å². The van der Waals surface area contributed by atoms with Crippen LogP contribution in [0.4, 0.5) is 0 Å². The molecule has 2 aliphatic rings. The zero-order chi connectivity index (χ0) is 28.2. The molecule has 2 aromatic rings. The fourth-order valence-corrected chi connectivity index (χ4v) is 15.9. The maximum absolute atomic E-state index is 11.7. The molecule has 0 fully saturated rings. The van der Waals surface area contributed by atoms with Gasteiger partial charge in [-0.2, -0.15) is 0 Å². The van der Waals surface area contributed by atoms with Crippen LogP contribution in [0.25, 0.3) is 0 Å². The van der Waals surface area contributed by atoms with Gasteiger partial charge in [-0.1, -0.05) is 0 Å². The van der Waals surface area contributed by atoms with E-state index >= 15 is 0 Å². The van der Waals surface area contributed by atoms with Crippen molar-refractivity contribution in [2.75, 3.05) is 10.8 Å². The van der Waals surface area contributed by atoms with E-state index in [9.17, 15) is 19.2 Å². The van der Waals surface area contributed by atoms with Crippen molar-refractivity contribution in [3.05, 3.63) is 60.7 Å². The lowest BCUT2D eigenvalue weighted by molar-refractivity contribution is -0.139. The second kappa shape index (κ2) is 12.0. The van der Waals surface area contributed by atoms with Gasteiger partial charge in [0.25, 0.3) is 23.6 Å². The van der Waals surface area contributed by atoms with Crippen LogP contribution in [-0.2, 0) is 36.4 Å². The van der Waals surface area contributed by atoms with Crippen LogP contribution in [0.1, 0.15) is 11.6 Å². The third kappa shape index (κ3) is 8.01. The smallest absolute Gasteiger partial charge is 0.254 e. The molecular weight excluding hydrogens is 573 g/mol. The van der Waals surface area contributed by atoms with Crippen molar-refractivity contribution in [3.8, 4) is 0 Å². The predicted octanol–water partition coefficient (Wildman–Crippen LogP) is 2.51. The molecule has 39 heavy (non-hydrogen) atoms. The molecule has 0 radical (unpaired) electrons. The molecule has 0 aromatic carbocycles. The van der Waals surface area contributed by atoms with Crippen molar-refractivity contribution in [1.82, 2.24) is 29.7 Å². The summed E-state index contributed by atoms with van der Waals surface area (Å²) in [7, 11) is -4.04. The molecular formula is C24H28N6O5S2Si2. The zero-order valence-corrected chi connectivity index (χ0v) is 25.6. The van der Waals surface area contributed by atoms with Crippen molar-refractivity contribution < 1.29 is 23.3 Å². The van der Waals surface area contributed by atoms with Gasteiger partial charge in [0.15, 0.2) is 16.6 Å². The van der Waals surface area contributed by atoms with E-state index in [0.717, 1.165) is 30.3 Å². The molecule has 2 aliphatic heterocycles. The number of hydrogen-bond acceptors (Lipinski definition) is 11. The van der Waals surface area contributed by atoms with Crippen LogP contribution < -0.4 is 0 Å². The molecule has 4 amide bonds. The molecule has 0 aliphatic carbocycles. The van der Waals surface area contributed by atoms with Gasteiger partial charge in [0.05, 0.1) is 13.1 Å². The molecule has 0 saturated heterocycles. The minimum atomic E-state index is -2.02. The van der Waals surface area contributed by atoms with Crippen LogP contribution in [0.2, 0.25) is 26.2 Å². The number of carbonyl (C=O) groups is 4. The van der Waals surface area contributed by atoms with E-state index in [2.05, 4.69) is 46.1 Å². The lowest BCUT2D eigenvalue weighted by atomic mass is 10.4. The van der Waals surface area contributed by atoms with Gasteiger partial charge >= 0.3 is 0 Å². The molecule has 2 aromatic heterocycles. The lowest BCUT2D eigenvalue weighted by Crippen LogP contribution is -2.48. The molecule has 0 atom stereocenters. The summed E-state index contributed by atoms with van der Waals surface area (Å²) < 4.78 is 6.72. The van der Waals surface area contributed by atoms with E-state index in [1.165, 1.54) is 24.3 Å². The summed E-state index contributed by atoms with van der Waals surface area (Å²) in [4.78, 5) is 68.2. The summed E-state index contributed by atoms with van der Waals surface area (Å²) in [6, 6.07) is 0. The average molecular weight is 601 g/mol. The molecule has 0 bridgehead atoms. The van der Waals surface area contributed by atoms with Crippen LogP contribution in [0.15, 0.2) is 58.9 Å². The van der Waals surface area contributed by atoms with Gasteiger partial charge in [0.1, 0.15) is 11.6 Å². The third-order valence-electron chi connectivity index (χ3n) is 5.49. The Kier molecular flexibility index (Phi) is 8.95. The topological polar surface area (TPSA) is 136 Å². The highest BCUT2D eigenvalue weighted by molar-refractivity contribution is 8.01. The van der Waals surface area contributed by atoms with Gasteiger partial charge in [-0.05, 0) is 26.2 Å². The summed E-state index contributed by atoms with van der Waals surface area (Å²) in [6.45, 7) is 8.89. The maximum Gasteiger partial charge on any atom is 0.254 e. The van der Waals surface area contributed by atoms with Crippen molar-refractivity contribution >= 4 is 63.8 Å². The van der Waals surface area contributed by atoms with E-state index in [0.29, 0.717) is 11.6 Å². The molecule has 204 valence electrons. The lowest BCUT2D eigenvalue weighted by Gasteiger charge is -2.33. The maximum atomic E-state index is 11.7. The average Bonchev–Trinajstić information content (AvgIpc) is 3.37. The minimum absolute atomic E-state index is 0.0550. The summed E-state index contributed by atoms with van der Waals surface area (Å²) >= 11 is 3.28. The number of nitrogens with zero attached hydrogens (tertiary/aromatic N) is 6. The number of hydrogen-bond donors (Lipinski definition) is 0. The van der Waals surface area contributed by atoms with E-state index in [1.807, 2.05) is 0 Å². The number of imide groups is 2. The Balaban J connectivity index is 1.23.